The van der Waals surface area contributed by atoms with Crippen LogP contribution in [0.4, 0.5) is 4.39 Å². The molecule has 1 heterocycles. The van der Waals surface area contributed by atoms with Crippen molar-refractivity contribution in [1.29, 1.82) is 0 Å². The van der Waals surface area contributed by atoms with E-state index in [9.17, 15) is 9.18 Å². The summed E-state index contributed by atoms with van der Waals surface area (Å²) in [5, 5.41) is 3.62. The van der Waals surface area contributed by atoms with Gasteiger partial charge in [-0.15, -0.1) is 0 Å². The SMILES string of the molecule is CC(c1ccc(F)cc1Cl)N(C)CC(=O)N1CCNCC1. The average molecular weight is 314 g/mol. The van der Waals surface area contributed by atoms with E-state index in [0.717, 1.165) is 31.7 Å². The number of piperazine rings is 1. The minimum absolute atomic E-state index is 0.0510. The van der Waals surface area contributed by atoms with Crippen molar-refractivity contribution in [2.24, 2.45) is 0 Å². The molecule has 1 amide bonds. The Bertz CT molecular complexity index is 506. The molecule has 1 saturated heterocycles. The molecule has 1 aromatic rings. The Kier molecular flexibility index (Phi) is 5.56. The van der Waals surface area contributed by atoms with E-state index in [1.807, 2.05) is 23.8 Å². The van der Waals surface area contributed by atoms with Crippen molar-refractivity contribution in [3.8, 4) is 0 Å². The van der Waals surface area contributed by atoms with E-state index in [-0.39, 0.29) is 17.8 Å². The van der Waals surface area contributed by atoms with E-state index >= 15 is 0 Å². The van der Waals surface area contributed by atoms with Gasteiger partial charge in [0.1, 0.15) is 5.82 Å². The van der Waals surface area contributed by atoms with Crippen LogP contribution in [0.3, 0.4) is 0 Å². The second-order valence-electron chi connectivity index (χ2n) is 5.39. The molecule has 2 rings (SSSR count). The van der Waals surface area contributed by atoms with Crippen molar-refractivity contribution in [3.05, 3.63) is 34.6 Å². The zero-order valence-corrected chi connectivity index (χ0v) is 13.2. The number of likely N-dealkylation sites (N-methyl/N-ethyl adjacent to an activating group) is 1. The summed E-state index contributed by atoms with van der Waals surface area (Å²) in [6.07, 6.45) is 0. The lowest BCUT2D eigenvalue weighted by molar-refractivity contribution is -0.133. The number of nitrogens with one attached hydrogen (secondary N) is 1. The molecular formula is C15H21ClFN3O. The van der Waals surface area contributed by atoms with Gasteiger partial charge in [-0.2, -0.15) is 0 Å². The number of hydrogen-bond acceptors (Lipinski definition) is 3. The molecule has 0 saturated carbocycles. The van der Waals surface area contributed by atoms with Crippen molar-refractivity contribution in [3.63, 3.8) is 0 Å². The first-order chi connectivity index (χ1) is 9.99. The third-order valence-electron chi connectivity index (χ3n) is 3.93. The lowest BCUT2D eigenvalue weighted by Gasteiger charge is -2.31. The fourth-order valence-corrected chi connectivity index (χ4v) is 2.77. The molecule has 0 aromatic heterocycles. The summed E-state index contributed by atoms with van der Waals surface area (Å²) in [5.74, 6) is -0.236. The zero-order chi connectivity index (χ0) is 15.4. The van der Waals surface area contributed by atoms with E-state index in [1.54, 1.807) is 6.07 Å². The molecule has 21 heavy (non-hydrogen) atoms. The Morgan fingerprint density at radius 2 is 2.14 bits per heavy atom. The fraction of sp³-hybridized carbons (Fsp3) is 0.533. The molecule has 1 atom stereocenters. The second-order valence-corrected chi connectivity index (χ2v) is 5.79. The van der Waals surface area contributed by atoms with Crippen LogP contribution in [0.1, 0.15) is 18.5 Å². The number of nitrogens with zero attached hydrogens (tertiary/aromatic N) is 2. The summed E-state index contributed by atoms with van der Waals surface area (Å²) in [4.78, 5) is 16.0. The molecular weight excluding hydrogens is 293 g/mol. The van der Waals surface area contributed by atoms with Gasteiger partial charge in [0, 0.05) is 37.2 Å². The normalized spacial score (nSPS) is 17.1. The molecule has 0 bridgehead atoms. The van der Waals surface area contributed by atoms with Crippen molar-refractivity contribution < 1.29 is 9.18 Å². The summed E-state index contributed by atoms with van der Waals surface area (Å²) >= 11 is 6.08. The van der Waals surface area contributed by atoms with Gasteiger partial charge in [0.15, 0.2) is 0 Å². The van der Waals surface area contributed by atoms with Gasteiger partial charge in [0.25, 0.3) is 0 Å². The molecule has 1 fully saturated rings. The van der Waals surface area contributed by atoms with E-state index in [2.05, 4.69) is 5.32 Å². The Morgan fingerprint density at radius 3 is 2.76 bits per heavy atom. The first kappa shape index (κ1) is 16.2. The van der Waals surface area contributed by atoms with Gasteiger partial charge >= 0.3 is 0 Å². The summed E-state index contributed by atoms with van der Waals surface area (Å²) in [5.41, 5.74) is 0.827. The molecule has 0 spiro atoms. The summed E-state index contributed by atoms with van der Waals surface area (Å²) in [6, 6.07) is 4.32. The fourth-order valence-electron chi connectivity index (χ4n) is 2.44. The molecule has 1 aliphatic heterocycles. The first-order valence-corrected chi connectivity index (χ1v) is 7.50. The van der Waals surface area contributed by atoms with E-state index < -0.39 is 0 Å². The predicted molar refractivity (Wildman–Crippen MR) is 81.9 cm³/mol. The second kappa shape index (κ2) is 7.20. The first-order valence-electron chi connectivity index (χ1n) is 7.12. The standard InChI is InChI=1S/C15H21ClFN3O/c1-11(13-4-3-12(17)9-14(13)16)19(2)10-15(21)20-7-5-18-6-8-20/h3-4,9,11,18H,5-8,10H2,1-2H3. The number of carbonyl (C=O) groups excluding carboxylic acids is 1. The highest BCUT2D eigenvalue weighted by atomic mass is 35.5. The van der Waals surface area contributed by atoms with Crippen molar-refractivity contribution >= 4 is 17.5 Å². The van der Waals surface area contributed by atoms with Crippen molar-refractivity contribution in [1.82, 2.24) is 15.1 Å². The topological polar surface area (TPSA) is 35.6 Å². The Hall–Kier alpha value is -1.17. The number of carbonyl (C=O) groups is 1. The van der Waals surface area contributed by atoms with Crippen molar-refractivity contribution in [2.45, 2.75) is 13.0 Å². The number of halogens is 2. The van der Waals surface area contributed by atoms with Gasteiger partial charge in [-0.05, 0) is 31.7 Å². The Labute approximate surface area is 129 Å². The van der Waals surface area contributed by atoms with Crippen LogP contribution in [0.15, 0.2) is 18.2 Å². The molecule has 0 aliphatic carbocycles. The maximum Gasteiger partial charge on any atom is 0.236 e. The minimum Gasteiger partial charge on any atom is -0.339 e. The van der Waals surface area contributed by atoms with E-state index in [4.69, 9.17) is 11.6 Å². The Morgan fingerprint density at radius 1 is 1.48 bits per heavy atom. The maximum atomic E-state index is 13.1. The lowest BCUT2D eigenvalue weighted by atomic mass is 10.1. The number of amides is 1. The van der Waals surface area contributed by atoms with Gasteiger partial charge < -0.3 is 10.2 Å². The average Bonchev–Trinajstić information content (AvgIpc) is 2.47. The van der Waals surface area contributed by atoms with Crippen LogP contribution < -0.4 is 5.32 Å². The number of benzene rings is 1. The monoisotopic (exact) mass is 313 g/mol. The number of hydrogen-bond donors (Lipinski definition) is 1. The molecule has 0 radical (unpaired) electrons. The third-order valence-corrected chi connectivity index (χ3v) is 4.26. The van der Waals surface area contributed by atoms with E-state index in [1.165, 1.54) is 12.1 Å². The molecule has 1 aromatic carbocycles. The largest absolute Gasteiger partial charge is 0.339 e. The maximum absolute atomic E-state index is 13.1. The predicted octanol–water partition coefficient (Wildman–Crippen LogP) is 1.90. The molecule has 1 N–H and O–H groups in total. The summed E-state index contributed by atoms with van der Waals surface area (Å²) < 4.78 is 13.1. The molecule has 1 unspecified atom stereocenters. The third kappa shape index (κ3) is 4.15. The molecule has 1 aliphatic rings. The van der Waals surface area contributed by atoms with E-state index in [0.29, 0.717) is 11.6 Å². The van der Waals surface area contributed by atoms with Crippen LogP contribution in [0.5, 0.6) is 0 Å². The van der Waals surface area contributed by atoms with Gasteiger partial charge in [0.05, 0.1) is 6.54 Å². The van der Waals surface area contributed by atoms with Crippen LogP contribution in [0.25, 0.3) is 0 Å². The summed E-state index contributed by atoms with van der Waals surface area (Å²) in [6.45, 7) is 5.47. The van der Waals surface area contributed by atoms with Crippen LogP contribution in [0.2, 0.25) is 5.02 Å². The zero-order valence-electron chi connectivity index (χ0n) is 12.4. The van der Waals surface area contributed by atoms with Crippen LogP contribution in [-0.4, -0.2) is 55.5 Å². The van der Waals surface area contributed by atoms with Gasteiger partial charge in [-0.3, -0.25) is 9.69 Å². The quantitative estimate of drug-likeness (QED) is 0.922. The van der Waals surface area contributed by atoms with Crippen LogP contribution in [0, 0.1) is 5.82 Å². The highest BCUT2D eigenvalue weighted by Gasteiger charge is 2.21. The minimum atomic E-state index is -0.351. The smallest absolute Gasteiger partial charge is 0.236 e. The van der Waals surface area contributed by atoms with Gasteiger partial charge in [0.2, 0.25) is 5.91 Å². The van der Waals surface area contributed by atoms with Crippen LogP contribution >= 0.6 is 11.6 Å². The van der Waals surface area contributed by atoms with Crippen LogP contribution in [-0.2, 0) is 4.79 Å². The lowest BCUT2D eigenvalue weighted by Crippen LogP contribution is -2.49. The number of rotatable bonds is 4. The van der Waals surface area contributed by atoms with Crippen molar-refractivity contribution in [2.75, 3.05) is 39.8 Å². The van der Waals surface area contributed by atoms with Gasteiger partial charge in [-0.1, -0.05) is 17.7 Å². The molecule has 4 nitrogen and oxygen atoms in total. The Balaban J connectivity index is 1.98. The molecule has 6 heteroatoms. The highest BCUT2D eigenvalue weighted by molar-refractivity contribution is 6.31. The summed E-state index contributed by atoms with van der Waals surface area (Å²) in [7, 11) is 1.88. The van der Waals surface area contributed by atoms with Gasteiger partial charge in [-0.25, -0.2) is 4.39 Å². The molecule has 116 valence electrons. The highest BCUT2D eigenvalue weighted by Crippen LogP contribution is 2.27.